The van der Waals surface area contributed by atoms with E-state index in [0.717, 1.165) is 14.5 Å². The number of hydrogen-bond donors (Lipinski definition) is 0. The fourth-order valence-electron chi connectivity index (χ4n) is 2.83. The number of hydrogen-bond acceptors (Lipinski definition) is 4. The van der Waals surface area contributed by atoms with Gasteiger partial charge in [0, 0.05) is 28.1 Å². The minimum Gasteiger partial charge on any atom is -0.291 e. The lowest BCUT2D eigenvalue weighted by Gasteiger charge is -2.28. The van der Waals surface area contributed by atoms with Crippen molar-refractivity contribution >= 4 is 53.4 Å². The van der Waals surface area contributed by atoms with Crippen molar-refractivity contribution in [2.24, 2.45) is 7.05 Å². The summed E-state index contributed by atoms with van der Waals surface area (Å²) in [6.07, 6.45) is 0. The molecule has 1 aromatic heterocycles. The van der Waals surface area contributed by atoms with E-state index in [1.807, 2.05) is 6.92 Å². The highest BCUT2D eigenvalue weighted by Crippen LogP contribution is 2.34. The fraction of sp³-hybridized carbons (Fsp3) is 0.333. The number of nitrogens with zero attached hydrogens (tertiary/aromatic N) is 3. The number of carbonyl (C=O) groups is 1. The van der Waals surface area contributed by atoms with E-state index in [1.165, 1.54) is 9.58 Å². The molecule has 24 heavy (non-hydrogen) atoms. The Bertz CT molecular complexity index is 944. The molecule has 0 N–H and O–H groups in total. The molecule has 0 unspecified atom stereocenters. The lowest BCUT2D eigenvalue weighted by molar-refractivity contribution is 0.0985. The lowest BCUT2D eigenvalue weighted by Crippen LogP contribution is -2.40. The molecule has 0 fully saturated rings. The molecule has 0 spiro atoms. The molecule has 2 aromatic rings. The van der Waals surface area contributed by atoms with Crippen molar-refractivity contribution in [2.75, 3.05) is 17.2 Å². The van der Waals surface area contributed by atoms with Gasteiger partial charge in [0.15, 0.2) is 15.7 Å². The Kier molecular flexibility index (Phi) is 4.38. The first-order valence-electron chi connectivity index (χ1n) is 7.17. The number of carbonyl (C=O) groups excluding carboxylic acids is 1. The van der Waals surface area contributed by atoms with Crippen LogP contribution in [0.1, 0.15) is 21.6 Å². The van der Waals surface area contributed by atoms with E-state index in [1.54, 1.807) is 26.1 Å². The van der Waals surface area contributed by atoms with Crippen molar-refractivity contribution in [1.29, 1.82) is 0 Å². The molecule has 6 nitrogen and oxygen atoms in total. The van der Waals surface area contributed by atoms with E-state index in [4.69, 9.17) is 0 Å². The normalized spacial score (nSPS) is 16.1. The summed E-state index contributed by atoms with van der Waals surface area (Å²) in [7, 11) is -1.77. The Balaban J connectivity index is 2.13. The van der Waals surface area contributed by atoms with Gasteiger partial charge in [-0.15, -0.1) is 0 Å². The summed E-state index contributed by atoms with van der Waals surface area (Å²) >= 11 is 6.89. The SMILES string of the molecule is Cc1nn(C)c2c1S(=O)(=O)CCN2C(=O)c1cc(Br)c(C)c(Br)c1. The highest BCUT2D eigenvalue weighted by Gasteiger charge is 2.37. The minimum absolute atomic E-state index is 0.105. The van der Waals surface area contributed by atoms with E-state index in [0.29, 0.717) is 17.1 Å². The molecule has 1 aliphatic heterocycles. The molecular weight excluding hydrogens is 462 g/mol. The summed E-state index contributed by atoms with van der Waals surface area (Å²) in [5.74, 6) is -0.0287. The largest absolute Gasteiger partial charge is 0.291 e. The van der Waals surface area contributed by atoms with E-state index in [9.17, 15) is 13.2 Å². The fourth-order valence-corrected chi connectivity index (χ4v) is 5.65. The third-order valence-corrected chi connectivity index (χ3v) is 7.53. The highest BCUT2D eigenvalue weighted by molar-refractivity contribution is 9.11. The summed E-state index contributed by atoms with van der Waals surface area (Å²) < 4.78 is 27.8. The maximum Gasteiger partial charge on any atom is 0.259 e. The van der Waals surface area contributed by atoms with Gasteiger partial charge in [-0.05, 0) is 31.5 Å². The van der Waals surface area contributed by atoms with Crippen LogP contribution in [0, 0.1) is 13.8 Å². The predicted octanol–water partition coefficient (Wildman–Crippen LogP) is 3.00. The van der Waals surface area contributed by atoms with E-state index in [-0.39, 0.29) is 23.1 Å². The Labute approximate surface area is 157 Å². The van der Waals surface area contributed by atoms with Crippen LogP contribution < -0.4 is 4.90 Å². The molecule has 1 amide bonds. The lowest BCUT2D eigenvalue weighted by atomic mass is 10.1. The minimum atomic E-state index is -3.42. The maximum atomic E-state index is 13.0. The van der Waals surface area contributed by atoms with Crippen LogP contribution in [0.2, 0.25) is 0 Å². The topological polar surface area (TPSA) is 72.3 Å². The molecule has 0 aliphatic carbocycles. The number of rotatable bonds is 1. The molecule has 0 bridgehead atoms. The Morgan fingerprint density at radius 3 is 2.38 bits per heavy atom. The van der Waals surface area contributed by atoms with Gasteiger partial charge in [-0.25, -0.2) is 8.42 Å². The van der Waals surface area contributed by atoms with Crippen LogP contribution >= 0.6 is 31.9 Å². The molecular formula is C15H15Br2N3O3S. The first-order chi connectivity index (χ1) is 11.1. The summed E-state index contributed by atoms with van der Waals surface area (Å²) in [5, 5.41) is 4.19. The number of aromatic nitrogens is 2. The number of fused-ring (bicyclic) bond motifs is 1. The molecule has 0 atom stereocenters. The number of benzene rings is 1. The molecule has 1 aliphatic rings. The Morgan fingerprint density at radius 2 is 1.79 bits per heavy atom. The van der Waals surface area contributed by atoms with Gasteiger partial charge in [0.2, 0.25) is 0 Å². The zero-order valence-corrected chi connectivity index (χ0v) is 17.3. The monoisotopic (exact) mass is 475 g/mol. The molecule has 1 aromatic carbocycles. The van der Waals surface area contributed by atoms with Crippen LogP contribution in [0.15, 0.2) is 26.0 Å². The van der Waals surface area contributed by atoms with Crippen molar-refractivity contribution in [3.8, 4) is 0 Å². The second-order valence-electron chi connectivity index (χ2n) is 5.70. The summed E-state index contributed by atoms with van der Waals surface area (Å²) in [5.41, 5.74) is 1.88. The summed E-state index contributed by atoms with van der Waals surface area (Å²) in [4.78, 5) is 14.6. The number of aryl methyl sites for hydroxylation is 2. The molecule has 3 rings (SSSR count). The van der Waals surface area contributed by atoms with Crippen LogP contribution in [0.4, 0.5) is 5.82 Å². The third-order valence-electron chi connectivity index (χ3n) is 4.06. The predicted molar refractivity (Wildman–Crippen MR) is 98.3 cm³/mol. The van der Waals surface area contributed by atoms with Crippen molar-refractivity contribution in [3.63, 3.8) is 0 Å². The van der Waals surface area contributed by atoms with Crippen LogP contribution in [-0.2, 0) is 16.9 Å². The van der Waals surface area contributed by atoms with Gasteiger partial charge in [0.25, 0.3) is 5.91 Å². The second kappa shape index (κ2) is 5.96. The highest BCUT2D eigenvalue weighted by atomic mass is 79.9. The molecule has 128 valence electrons. The number of halogens is 2. The van der Waals surface area contributed by atoms with Crippen LogP contribution in [0.3, 0.4) is 0 Å². The van der Waals surface area contributed by atoms with Crippen LogP contribution in [0.5, 0.6) is 0 Å². The molecule has 0 radical (unpaired) electrons. The third kappa shape index (κ3) is 2.72. The van der Waals surface area contributed by atoms with Crippen molar-refractivity contribution in [2.45, 2.75) is 18.7 Å². The first kappa shape index (κ1) is 17.6. The van der Waals surface area contributed by atoms with Gasteiger partial charge in [-0.2, -0.15) is 5.10 Å². The average molecular weight is 477 g/mol. The van der Waals surface area contributed by atoms with Crippen molar-refractivity contribution < 1.29 is 13.2 Å². The van der Waals surface area contributed by atoms with Crippen LogP contribution in [-0.4, -0.2) is 36.4 Å². The smallest absolute Gasteiger partial charge is 0.259 e. The van der Waals surface area contributed by atoms with E-state index < -0.39 is 9.84 Å². The van der Waals surface area contributed by atoms with Gasteiger partial charge in [-0.1, -0.05) is 31.9 Å². The summed E-state index contributed by atoms with van der Waals surface area (Å²) in [6, 6.07) is 3.49. The van der Waals surface area contributed by atoms with E-state index >= 15 is 0 Å². The van der Waals surface area contributed by atoms with Gasteiger partial charge in [-0.3, -0.25) is 14.4 Å². The zero-order valence-electron chi connectivity index (χ0n) is 13.3. The zero-order chi connectivity index (χ0) is 17.8. The second-order valence-corrected chi connectivity index (χ2v) is 9.46. The van der Waals surface area contributed by atoms with Crippen LogP contribution in [0.25, 0.3) is 0 Å². The Hall–Kier alpha value is -1.19. The average Bonchev–Trinajstić information content (AvgIpc) is 2.80. The van der Waals surface area contributed by atoms with Gasteiger partial charge < -0.3 is 0 Å². The number of sulfone groups is 1. The van der Waals surface area contributed by atoms with Gasteiger partial charge >= 0.3 is 0 Å². The number of anilines is 1. The first-order valence-corrected chi connectivity index (χ1v) is 10.4. The maximum absolute atomic E-state index is 13.0. The molecule has 0 saturated carbocycles. The quantitative estimate of drug-likeness (QED) is 0.634. The Morgan fingerprint density at radius 1 is 1.21 bits per heavy atom. The van der Waals surface area contributed by atoms with Gasteiger partial charge in [0.1, 0.15) is 4.90 Å². The standard InChI is InChI=1S/C15H15Br2N3O3S/c1-8-11(16)6-10(7-12(8)17)15(21)20-4-5-24(22,23)13-9(2)18-19(3)14(13)20/h6-7H,4-5H2,1-3H3. The van der Waals surface area contributed by atoms with Gasteiger partial charge in [0.05, 0.1) is 11.4 Å². The van der Waals surface area contributed by atoms with Crippen molar-refractivity contribution in [3.05, 3.63) is 37.9 Å². The molecule has 2 heterocycles. The molecule has 9 heteroatoms. The van der Waals surface area contributed by atoms with Crippen molar-refractivity contribution in [1.82, 2.24) is 9.78 Å². The summed E-state index contributed by atoms with van der Waals surface area (Å²) in [6.45, 7) is 3.68. The van der Waals surface area contributed by atoms with E-state index in [2.05, 4.69) is 37.0 Å². The number of amides is 1. The molecule has 0 saturated heterocycles.